The van der Waals surface area contributed by atoms with Crippen LogP contribution in [0.4, 0.5) is 4.79 Å². The number of amides is 2. The highest BCUT2D eigenvalue weighted by Crippen LogP contribution is 2.58. The second-order valence-corrected chi connectivity index (χ2v) is 9.53. The van der Waals surface area contributed by atoms with Gasteiger partial charge in [0, 0.05) is 24.0 Å². The van der Waals surface area contributed by atoms with Crippen molar-refractivity contribution in [3.63, 3.8) is 0 Å². The summed E-state index contributed by atoms with van der Waals surface area (Å²) in [6.07, 6.45) is 5.07. The van der Waals surface area contributed by atoms with E-state index in [4.69, 9.17) is 0 Å². The SMILES string of the molecule is COC(=O)NCC(C)CC(=O)N1CC2(CC2)CC1c1ncc(-c2ccc(Br)cc2)[nH]1. The topological polar surface area (TPSA) is 87.3 Å². The molecule has 2 unspecified atom stereocenters. The molecule has 1 aliphatic heterocycles. The van der Waals surface area contributed by atoms with Crippen LogP contribution in [0.15, 0.2) is 34.9 Å². The molecule has 7 nitrogen and oxygen atoms in total. The molecule has 160 valence electrons. The number of rotatable bonds is 6. The molecule has 2 heterocycles. The van der Waals surface area contributed by atoms with Gasteiger partial charge in [0.25, 0.3) is 0 Å². The van der Waals surface area contributed by atoms with Crippen molar-refractivity contribution in [3.05, 3.63) is 40.8 Å². The first-order chi connectivity index (χ1) is 14.4. The normalized spacial score (nSPS) is 20.2. The number of hydrogen-bond donors (Lipinski definition) is 2. The van der Waals surface area contributed by atoms with Gasteiger partial charge in [-0.3, -0.25) is 4.79 Å². The van der Waals surface area contributed by atoms with E-state index in [-0.39, 0.29) is 23.3 Å². The molecular weight excluding hydrogens is 448 g/mol. The number of benzene rings is 1. The molecule has 1 saturated carbocycles. The van der Waals surface area contributed by atoms with Crippen molar-refractivity contribution < 1.29 is 14.3 Å². The van der Waals surface area contributed by atoms with E-state index < -0.39 is 6.09 Å². The van der Waals surface area contributed by atoms with Crippen molar-refractivity contribution in [2.75, 3.05) is 20.2 Å². The number of nitrogens with one attached hydrogen (secondary N) is 2. The summed E-state index contributed by atoms with van der Waals surface area (Å²) in [6, 6.07) is 8.06. The Morgan fingerprint density at radius 3 is 2.77 bits per heavy atom. The lowest BCUT2D eigenvalue weighted by Gasteiger charge is -2.25. The lowest BCUT2D eigenvalue weighted by atomic mass is 10.0. The van der Waals surface area contributed by atoms with E-state index in [0.717, 1.165) is 34.5 Å². The summed E-state index contributed by atoms with van der Waals surface area (Å²) >= 11 is 3.46. The quantitative estimate of drug-likeness (QED) is 0.653. The molecule has 2 fully saturated rings. The van der Waals surface area contributed by atoms with Crippen LogP contribution < -0.4 is 5.32 Å². The Hall–Kier alpha value is -2.35. The number of aromatic nitrogens is 2. The average molecular weight is 475 g/mol. The maximum Gasteiger partial charge on any atom is 0.406 e. The third-order valence-corrected chi connectivity index (χ3v) is 6.68. The molecule has 0 bridgehead atoms. The van der Waals surface area contributed by atoms with Crippen LogP contribution in [0.25, 0.3) is 11.3 Å². The number of hydrogen-bond acceptors (Lipinski definition) is 4. The maximum atomic E-state index is 13.1. The summed E-state index contributed by atoms with van der Waals surface area (Å²) in [7, 11) is 1.33. The number of carbonyl (C=O) groups is 2. The van der Waals surface area contributed by atoms with Gasteiger partial charge < -0.3 is 19.9 Å². The van der Waals surface area contributed by atoms with Gasteiger partial charge in [0.2, 0.25) is 5.91 Å². The zero-order valence-corrected chi connectivity index (χ0v) is 18.9. The molecule has 8 heteroatoms. The van der Waals surface area contributed by atoms with Crippen molar-refractivity contribution in [2.24, 2.45) is 11.3 Å². The smallest absolute Gasteiger partial charge is 0.406 e. The van der Waals surface area contributed by atoms with Crippen LogP contribution in [0.5, 0.6) is 0 Å². The minimum absolute atomic E-state index is 0.0232. The number of methoxy groups -OCH3 is 1. The highest BCUT2D eigenvalue weighted by Gasteiger charge is 2.54. The number of alkyl carbamates (subject to hydrolysis) is 1. The molecule has 30 heavy (non-hydrogen) atoms. The van der Waals surface area contributed by atoms with Crippen LogP contribution in [0.3, 0.4) is 0 Å². The Labute approximate surface area is 184 Å². The first-order valence-corrected chi connectivity index (χ1v) is 11.1. The number of carbonyl (C=O) groups excluding carboxylic acids is 2. The van der Waals surface area contributed by atoms with E-state index >= 15 is 0 Å². The Balaban J connectivity index is 1.46. The van der Waals surface area contributed by atoms with Crippen LogP contribution in [0.1, 0.15) is 44.5 Å². The maximum absolute atomic E-state index is 13.1. The number of imidazole rings is 1. The number of nitrogens with zero attached hydrogens (tertiary/aromatic N) is 2. The van der Waals surface area contributed by atoms with Crippen LogP contribution in [0.2, 0.25) is 0 Å². The van der Waals surface area contributed by atoms with Gasteiger partial charge in [0.05, 0.1) is 25.0 Å². The van der Waals surface area contributed by atoms with E-state index in [1.165, 1.54) is 20.0 Å². The molecule has 1 spiro atoms. The van der Waals surface area contributed by atoms with Crippen LogP contribution in [-0.2, 0) is 9.53 Å². The van der Waals surface area contributed by atoms with Gasteiger partial charge in [0.1, 0.15) is 5.82 Å². The molecule has 2 amide bonds. The largest absolute Gasteiger partial charge is 0.453 e. The predicted octanol–water partition coefficient (Wildman–Crippen LogP) is 4.28. The monoisotopic (exact) mass is 474 g/mol. The summed E-state index contributed by atoms with van der Waals surface area (Å²) < 4.78 is 5.63. The standard InChI is InChI=1S/C22H27BrN4O3/c1-14(11-25-21(29)30-2)9-19(28)27-13-22(7-8-22)10-18(27)20-24-12-17(26-20)15-3-5-16(23)6-4-15/h3-6,12,14,18H,7-11,13H2,1-2H3,(H,24,26)(H,25,29). The molecule has 1 saturated heterocycles. The minimum Gasteiger partial charge on any atom is -0.453 e. The fourth-order valence-electron chi connectivity index (χ4n) is 4.20. The summed E-state index contributed by atoms with van der Waals surface area (Å²) in [5.41, 5.74) is 2.28. The van der Waals surface area contributed by atoms with Crippen LogP contribution in [0, 0.1) is 11.3 Å². The Bertz CT molecular complexity index is 923. The number of ether oxygens (including phenoxy) is 1. The van der Waals surface area contributed by atoms with Crippen molar-refractivity contribution in [1.82, 2.24) is 20.2 Å². The summed E-state index contributed by atoms with van der Waals surface area (Å²) in [5, 5.41) is 2.67. The van der Waals surface area contributed by atoms with E-state index in [9.17, 15) is 9.59 Å². The molecule has 1 aromatic heterocycles. The van der Waals surface area contributed by atoms with Gasteiger partial charge in [-0.05, 0) is 48.3 Å². The number of likely N-dealkylation sites (tertiary alicyclic amines) is 1. The molecular formula is C22H27BrN4O3. The molecule has 0 radical (unpaired) electrons. The molecule has 2 aromatic rings. The van der Waals surface area contributed by atoms with Gasteiger partial charge in [0.15, 0.2) is 0 Å². The first-order valence-electron chi connectivity index (χ1n) is 10.3. The highest BCUT2D eigenvalue weighted by atomic mass is 79.9. The van der Waals surface area contributed by atoms with E-state index in [2.05, 4.69) is 36.0 Å². The lowest BCUT2D eigenvalue weighted by molar-refractivity contribution is -0.133. The van der Waals surface area contributed by atoms with E-state index in [1.54, 1.807) is 0 Å². The number of halogens is 1. The third-order valence-electron chi connectivity index (χ3n) is 6.16. The molecule has 4 rings (SSSR count). The second kappa shape index (κ2) is 8.41. The van der Waals surface area contributed by atoms with E-state index in [1.807, 2.05) is 42.3 Å². The summed E-state index contributed by atoms with van der Waals surface area (Å²) in [6.45, 7) is 3.17. The Morgan fingerprint density at radius 2 is 2.10 bits per heavy atom. The van der Waals surface area contributed by atoms with Crippen molar-refractivity contribution in [3.8, 4) is 11.3 Å². The van der Waals surface area contributed by atoms with Gasteiger partial charge >= 0.3 is 6.09 Å². The van der Waals surface area contributed by atoms with Gasteiger partial charge in [-0.25, -0.2) is 9.78 Å². The zero-order chi connectivity index (χ0) is 21.3. The summed E-state index contributed by atoms with van der Waals surface area (Å²) in [5.74, 6) is 0.998. The average Bonchev–Trinajstić information content (AvgIpc) is 3.14. The number of aromatic amines is 1. The number of H-pyrrole nitrogens is 1. The third kappa shape index (κ3) is 4.53. The molecule has 1 aliphatic carbocycles. The summed E-state index contributed by atoms with van der Waals surface area (Å²) in [4.78, 5) is 34.5. The Kier molecular flexibility index (Phi) is 5.86. The second-order valence-electron chi connectivity index (χ2n) is 8.61. The predicted molar refractivity (Wildman–Crippen MR) is 117 cm³/mol. The van der Waals surface area contributed by atoms with Gasteiger partial charge in [-0.1, -0.05) is 35.0 Å². The molecule has 1 aromatic carbocycles. The molecule has 2 atom stereocenters. The molecule has 2 N–H and O–H groups in total. The fraction of sp³-hybridized carbons (Fsp3) is 0.500. The highest BCUT2D eigenvalue weighted by molar-refractivity contribution is 9.10. The van der Waals surface area contributed by atoms with Crippen molar-refractivity contribution in [2.45, 2.75) is 38.6 Å². The first kappa shape index (κ1) is 20.9. The fourth-order valence-corrected chi connectivity index (χ4v) is 4.47. The van der Waals surface area contributed by atoms with Gasteiger partial charge in [-0.15, -0.1) is 0 Å². The van der Waals surface area contributed by atoms with Crippen molar-refractivity contribution >= 4 is 27.9 Å². The Morgan fingerprint density at radius 1 is 1.37 bits per heavy atom. The van der Waals surface area contributed by atoms with Crippen molar-refractivity contribution in [1.29, 1.82) is 0 Å². The van der Waals surface area contributed by atoms with Crippen LogP contribution in [-0.4, -0.2) is 47.1 Å². The zero-order valence-electron chi connectivity index (χ0n) is 17.3. The van der Waals surface area contributed by atoms with Crippen LogP contribution >= 0.6 is 15.9 Å². The molecule has 2 aliphatic rings. The van der Waals surface area contributed by atoms with Gasteiger partial charge in [-0.2, -0.15) is 0 Å². The lowest BCUT2D eigenvalue weighted by Crippen LogP contribution is -2.35. The van der Waals surface area contributed by atoms with E-state index in [0.29, 0.717) is 13.0 Å². The minimum atomic E-state index is -0.471.